The maximum Gasteiger partial charge on any atom is 0.159 e. The van der Waals surface area contributed by atoms with E-state index < -0.39 is 0 Å². The highest BCUT2D eigenvalue weighted by atomic mass is 15.1. The fourth-order valence-electron chi connectivity index (χ4n) is 3.13. The molecular weight excluding hydrogens is 370 g/mol. The Hall–Kier alpha value is -2.43. The van der Waals surface area contributed by atoms with Crippen LogP contribution in [-0.4, -0.2) is 39.4 Å². The summed E-state index contributed by atoms with van der Waals surface area (Å²) in [7, 11) is 6.06. The fraction of sp³-hybridized carbons (Fsp3) is 0.560. The Morgan fingerprint density at radius 1 is 1.20 bits per heavy atom. The van der Waals surface area contributed by atoms with Crippen LogP contribution in [0.25, 0.3) is 16.7 Å². The fourth-order valence-corrected chi connectivity index (χ4v) is 3.13. The van der Waals surface area contributed by atoms with Crippen molar-refractivity contribution in [1.82, 2.24) is 19.4 Å². The van der Waals surface area contributed by atoms with E-state index >= 15 is 0 Å². The summed E-state index contributed by atoms with van der Waals surface area (Å²) in [6.45, 7) is 14.8. The molecule has 0 saturated heterocycles. The summed E-state index contributed by atoms with van der Waals surface area (Å²) in [6.07, 6.45) is 11.2. The van der Waals surface area contributed by atoms with Crippen LogP contribution in [-0.2, 0) is 13.5 Å². The van der Waals surface area contributed by atoms with Gasteiger partial charge in [-0.05, 0) is 43.8 Å². The van der Waals surface area contributed by atoms with E-state index in [9.17, 15) is 0 Å². The summed E-state index contributed by atoms with van der Waals surface area (Å²) < 4.78 is 2.10. The number of hydrogen-bond acceptors (Lipinski definition) is 3. The maximum atomic E-state index is 5.02. The average molecular weight is 412 g/mol. The van der Waals surface area contributed by atoms with Gasteiger partial charge < -0.3 is 9.47 Å². The summed E-state index contributed by atoms with van der Waals surface area (Å²) >= 11 is 0. The molecule has 0 aliphatic carbocycles. The van der Waals surface area contributed by atoms with Crippen molar-refractivity contribution in [3.8, 4) is 0 Å². The average Bonchev–Trinajstić information content (AvgIpc) is 3.08. The molecule has 5 nitrogen and oxygen atoms in total. The first kappa shape index (κ1) is 25.6. The van der Waals surface area contributed by atoms with Crippen molar-refractivity contribution in [3.05, 3.63) is 41.5 Å². The number of hydrogen-bond donors (Lipinski definition) is 0. The van der Waals surface area contributed by atoms with E-state index in [-0.39, 0.29) is 0 Å². The maximum absolute atomic E-state index is 5.02. The highest BCUT2D eigenvalue weighted by molar-refractivity contribution is 5.93. The predicted molar refractivity (Wildman–Crippen MR) is 132 cm³/mol. The van der Waals surface area contributed by atoms with Gasteiger partial charge in [-0.1, -0.05) is 47.6 Å². The molecule has 0 aliphatic heterocycles. The lowest BCUT2D eigenvalue weighted by atomic mass is 10.0. The minimum Gasteiger partial charge on any atom is -0.363 e. The van der Waals surface area contributed by atoms with Crippen LogP contribution >= 0.6 is 0 Å². The van der Waals surface area contributed by atoms with Gasteiger partial charge in [0.15, 0.2) is 5.65 Å². The van der Waals surface area contributed by atoms with E-state index in [0.717, 1.165) is 53.2 Å². The highest BCUT2D eigenvalue weighted by Gasteiger charge is 2.17. The lowest BCUT2D eigenvalue weighted by Gasteiger charge is -2.12. The molecule has 0 fully saturated rings. The van der Waals surface area contributed by atoms with Gasteiger partial charge in [0, 0.05) is 39.1 Å². The molecule has 2 heterocycles. The van der Waals surface area contributed by atoms with Crippen LogP contribution < -0.4 is 0 Å². The van der Waals surface area contributed by atoms with Crippen LogP contribution in [0, 0.1) is 0 Å². The first-order valence-corrected chi connectivity index (χ1v) is 11.3. The van der Waals surface area contributed by atoms with Crippen LogP contribution in [0.15, 0.2) is 29.5 Å². The molecule has 0 amide bonds. The molecule has 1 atom stereocenters. The Balaban J connectivity index is 0.00000218. The Labute approximate surface area is 183 Å². The molecule has 0 saturated carbocycles. The lowest BCUT2D eigenvalue weighted by molar-refractivity contribution is 0.626. The van der Waals surface area contributed by atoms with Crippen molar-refractivity contribution in [2.24, 2.45) is 12.0 Å². The van der Waals surface area contributed by atoms with E-state index in [1.54, 1.807) is 0 Å². The van der Waals surface area contributed by atoms with Gasteiger partial charge in [-0.2, -0.15) is 0 Å². The Morgan fingerprint density at radius 3 is 2.40 bits per heavy atom. The van der Waals surface area contributed by atoms with Crippen LogP contribution in [0.5, 0.6) is 0 Å². The van der Waals surface area contributed by atoms with Crippen molar-refractivity contribution < 1.29 is 0 Å². The molecule has 0 spiro atoms. The molecule has 30 heavy (non-hydrogen) atoms. The Morgan fingerprint density at radius 2 is 1.87 bits per heavy atom. The van der Waals surface area contributed by atoms with E-state index in [1.807, 2.05) is 39.0 Å². The molecule has 2 aromatic heterocycles. The van der Waals surface area contributed by atoms with Gasteiger partial charge in [0.1, 0.15) is 11.4 Å². The van der Waals surface area contributed by atoms with Crippen LogP contribution in [0.3, 0.4) is 0 Å². The number of rotatable bonds is 7. The third kappa shape index (κ3) is 6.04. The zero-order chi connectivity index (χ0) is 22.8. The predicted octanol–water partition coefficient (Wildman–Crippen LogP) is 6.36. The SMILES string of the molecule is CC.CC/C=C/C(=N/C=C(\C)c1nc2c(nc1CC)c(C(C)CC)cn2C)N(C)C. The Kier molecular flexibility index (Phi) is 10.5. The summed E-state index contributed by atoms with van der Waals surface area (Å²) in [5, 5.41) is 0. The molecule has 0 N–H and O–H groups in total. The number of fused-ring (bicyclic) bond motifs is 1. The van der Waals surface area contributed by atoms with Crippen molar-refractivity contribution in [2.75, 3.05) is 14.1 Å². The number of likely N-dealkylation sites (N-methyl/N-ethyl adjacent to an activating group) is 1. The molecule has 166 valence electrons. The number of aryl methyl sites for hydroxylation is 2. The van der Waals surface area contributed by atoms with E-state index in [0.29, 0.717) is 5.92 Å². The smallest absolute Gasteiger partial charge is 0.159 e. The minimum absolute atomic E-state index is 0.475. The van der Waals surface area contributed by atoms with Crippen LogP contribution in [0.2, 0.25) is 0 Å². The molecule has 1 unspecified atom stereocenters. The number of nitrogens with zero attached hydrogens (tertiary/aromatic N) is 5. The standard InChI is InChI=1S/C23H35N5.C2H6/c1-9-12-13-20(27(6)7)24-14-17(5)21-19(11-3)25-22-18(16(4)10-2)15-28(8)23(22)26-21;1-2/h12-16H,9-11H2,1-8H3;1-2H3/b13-12+,17-14+,24-20-;. The van der Waals surface area contributed by atoms with Gasteiger partial charge in [-0.3, -0.25) is 0 Å². The quantitative estimate of drug-likeness (QED) is 0.393. The first-order chi connectivity index (χ1) is 14.3. The largest absolute Gasteiger partial charge is 0.363 e. The van der Waals surface area contributed by atoms with Crippen LogP contribution in [0.4, 0.5) is 0 Å². The Bertz CT molecular complexity index is 900. The molecule has 2 aromatic rings. The monoisotopic (exact) mass is 411 g/mol. The van der Waals surface area contributed by atoms with Gasteiger partial charge in [-0.15, -0.1) is 0 Å². The van der Waals surface area contributed by atoms with E-state index in [4.69, 9.17) is 9.97 Å². The molecule has 0 bridgehead atoms. The van der Waals surface area contributed by atoms with Gasteiger partial charge >= 0.3 is 0 Å². The highest BCUT2D eigenvalue weighted by Crippen LogP contribution is 2.29. The summed E-state index contributed by atoms with van der Waals surface area (Å²) in [5.41, 5.74) is 6.26. The van der Waals surface area contributed by atoms with Gasteiger partial charge in [0.2, 0.25) is 0 Å². The van der Waals surface area contributed by atoms with Crippen molar-refractivity contribution in [1.29, 1.82) is 0 Å². The second-order valence-corrected chi connectivity index (χ2v) is 7.55. The molecule has 2 rings (SSSR count). The topological polar surface area (TPSA) is 46.3 Å². The molecule has 0 radical (unpaired) electrons. The lowest BCUT2D eigenvalue weighted by Crippen LogP contribution is -2.19. The van der Waals surface area contributed by atoms with Gasteiger partial charge in [0.25, 0.3) is 0 Å². The zero-order valence-corrected chi connectivity index (χ0v) is 20.7. The van der Waals surface area contributed by atoms with Gasteiger partial charge in [-0.25, -0.2) is 15.0 Å². The third-order valence-corrected chi connectivity index (χ3v) is 5.09. The van der Waals surface area contributed by atoms with Crippen molar-refractivity contribution in [2.45, 2.75) is 73.6 Å². The van der Waals surface area contributed by atoms with Crippen molar-refractivity contribution >= 4 is 22.6 Å². The molecule has 5 heteroatoms. The van der Waals surface area contributed by atoms with Crippen molar-refractivity contribution in [3.63, 3.8) is 0 Å². The minimum atomic E-state index is 0.475. The molecule has 0 aromatic carbocycles. The third-order valence-electron chi connectivity index (χ3n) is 5.09. The number of aromatic nitrogens is 3. The summed E-state index contributed by atoms with van der Waals surface area (Å²) in [4.78, 5) is 16.7. The van der Waals surface area contributed by atoms with E-state index in [1.165, 1.54) is 5.56 Å². The van der Waals surface area contributed by atoms with Crippen LogP contribution in [0.1, 0.15) is 84.2 Å². The number of aliphatic imine (C=N–C) groups is 1. The summed E-state index contributed by atoms with van der Waals surface area (Å²) in [5.74, 6) is 1.40. The first-order valence-electron chi connectivity index (χ1n) is 11.3. The molecule has 0 aliphatic rings. The zero-order valence-electron chi connectivity index (χ0n) is 20.7. The summed E-state index contributed by atoms with van der Waals surface area (Å²) in [6, 6.07) is 0. The second-order valence-electron chi connectivity index (χ2n) is 7.55. The normalized spacial score (nSPS) is 13.5. The van der Waals surface area contributed by atoms with E-state index in [2.05, 4.69) is 69.6 Å². The number of allylic oxidation sites excluding steroid dienone is 2. The molecular formula is C25H41N5. The second kappa shape index (κ2) is 12.3. The number of amidine groups is 1. The van der Waals surface area contributed by atoms with Gasteiger partial charge in [0.05, 0.1) is 11.4 Å².